The predicted molar refractivity (Wildman–Crippen MR) is 142 cm³/mol. The molecule has 1 N–H and O–H groups in total. The molecule has 5 aromatic rings. The zero-order valence-corrected chi connectivity index (χ0v) is 20.1. The van der Waals surface area contributed by atoms with Crippen LogP contribution >= 0.6 is 11.8 Å². The van der Waals surface area contributed by atoms with Crippen LogP contribution in [0.25, 0.3) is 21.8 Å². The van der Waals surface area contributed by atoms with Gasteiger partial charge in [-0.05, 0) is 47.9 Å². The number of thioether (sulfide) groups is 1. The number of carbonyl (C=O) groups is 1. The lowest BCUT2D eigenvalue weighted by molar-refractivity contribution is -0.113. The average Bonchev–Trinajstić information content (AvgIpc) is 3.25. The van der Waals surface area contributed by atoms with E-state index < -0.39 is 0 Å². The monoisotopic (exact) mass is 483 g/mol. The zero-order valence-electron chi connectivity index (χ0n) is 19.3. The van der Waals surface area contributed by atoms with Gasteiger partial charge < -0.3 is 19.4 Å². The minimum absolute atomic E-state index is 0.0919. The molecule has 5 rings (SSSR count). The lowest BCUT2D eigenvalue weighted by Gasteiger charge is -2.12. The topological polar surface area (TPSA) is 65.4 Å². The molecule has 0 spiro atoms. The highest BCUT2D eigenvalue weighted by molar-refractivity contribution is 7.99. The third-order valence-corrected chi connectivity index (χ3v) is 6.62. The Hall–Kier alpha value is -3.97. The molecule has 0 saturated heterocycles. The number of rotatable bonds is 9. The molecule has 0 fully saturated rings. The Labute approximate surface area is 207 Å². The molecule has 35 heavy (non-hydrogen) atoms. The van der Waals surface area contributed by atoms with Gasteiger partial charge in [-0.1, -0.05) is 60.3 Å². The molecule has 4 aromatic carbocycles. The van der Waals surface area contributed by atoms with E-state index in [0.717, 1.165) is 44.1 Å². The second-order valence-corrected chi connectivity index (χ2v) is 8.87. The molecule has 7 heteroatoms. The van der Waals surface area contributed by atoms with Gasteiger partial charge in [-0.25, -0.2) is 4.98 Å². The van der Waals surface area contributed by atoms with E-state index in [1.807, 2.05) is 72.8 Å². The van der Waals surface area contributed by atoms with Crippen molar-refractivity contribution in [2.45, 2.75) is 11.7 Å². The van der Waals surface area contributed by atoms with Gasteiger partial charge in [-0.2, -0.15) is 0 Å². The molecule has 0 saturated carbocycles. The number of ether oxygens (including phenoxy) is 2. The fourth-order valence-electron chi connectivity index (χ4n) is 3.95. The molecule has 0 bridgehead atoms. The number of amides is 1. The van der Waals surface area contributed by atoms with E-state index in [2.05, 4.69) is 28.1 Å². The predicted octanol–water partition coefficient (Wildman–Crippen LogP) is 6.01. The summed E-state index contributed by atoms with van der Waals surface area (Å²) in [7, 11) is 1.61. The Morgan fingerprint density at radius 1 is 0.943 bits per heavy atom. The van der Waals surface area contributed by atoms with E-state index in [9.17, 15) is 4.79 Å². The Morgan fingerprint density at radius 2 is 1.71 bits per heavy atom. The van der Waals surface area contributed by atoms with Crippen LogP contribution in [0.4, 0.5) is 5.69 Å². The number of carbonyl (C=O) groups excluding carboxylic acids is 1. The number of aromatic nitrogens is 2. The molecule has 6 nitrogen and oxygen atoms in total. The van der Waals surface area contributed by atoms with E-state index in [0.29, 0.717) is 13.2 Å². The Morgan fingerprint density at radius 3 is 2.57 bits per heavy atom. The Bertz CT molecular complexity index is 1460. The minimum atomic E-state index is -0.0919. The lowest BCUT2D eigenvalue weighted by Crippen LogP contribution is -2.15. The van der Waals surface area contributed by atoms with Crippen molar-refractivity contribution >= 4 is 45.2 Å². The maximum Gasteiger partial charge on any atom is 0.234 e. The number of nitrogens with one attached hydrogen (secondary N) is 1. The molecule has 1 heterocycles. The van der Waals surface area contributed by atoms with Crippen molar-refractivity contribution < 1.29 is 14.3 Å². The van der Waals surface area contributed by atoms with Crippen LogP contribution in [-0.4, -0.2) is 34.9 Å². The van der Waals surface area contributed by atoms with Crippen LogP contribution in [0.15, 0.2) is 96.2 Å². The first kappa shape index (κ1) is 22.8. The maximum atomic E-state index is 12.6. The van der Waals surface area contributed by atoms with Crippen LogP contribution in [0, 0.1) is 0 Å². The zero-order chi connectivity index (χ0) is 24.0. The summed E-state index contributed by atoms with van der Waals surface area (Å²) in [5, 5.41) is 5.95. The van der Waals surface area contributed by atoms with Crippen LogP contribution in [0.2, 0.25) is 0 Å². The normalized spacial score (nSPS) is 11.0. The van der Waals surface area contributed by atoms with Gasteiger partial charge in [0.05, 0.1) is 30.4 Å². The van der Waals surface area contributed by atoms with Crippen LogP contribution in [0.1, 0.15) is 0 Å². The number of hydrogen-bond donors (Lipinski definition) is 1. The van der Waals surface area contributed by atoms with Crippen LogP contribution in [0.3, 0.4) is 0 Å². The summed E-state index contributed by atoms with van der Waals surface area (Å²) in [6.07, 6.45) is 0. The third-order valence-electron chi connectivity index (χ3n) is 5.65. The highest BCUT2D eigenvalue weighted by atomic mass is 32.2. The molecule has 0 radical (unpaired) electrons. The fourth-order valence-corrected chi connectivity index (χ4v) is 4.79. The van der Waals surface area contributed by atoms with Gasteiger partial charge in [-0.3, -0.25) is 4.79 Å². The summed E-state index contributed by atoms with van der Waals surface area (Å²) in [5.41, 5.74) is 2.65. The van der Waals surface area contributed by atoms with E-state index in [1.54, 1.807) is 7.11 Å². The van der Waals surface area contributed by atoms with Crippen LogP contribution in [0.5, 0.6) is 11.5 Å². The molecule has 0 atom stereocenters. The first-order valence-corrected chi connectivity index (χ1v) is 12.3. The van der Waals surface area contributed by atoms with Crippen LogP contribution in [-0.2, 0) is 11.3 Å². The van der Waals surface area contributed by atoms with E-state index in [4.69, 9.17) is 14.5 Å². The highest BCUT2D eigenvalue weighted by Crippen LogP contribution is 2.27. The summed E-state index contributed by atoms with van der Waals surface area (Å²) in [6, 6.07) is 29.5. The number of hydrogen-bond acceptors (Lipinski definition) is 5. The van der Waals surface area contributed by atoms with Crippen molar-refractivity contribution in [3.05, 3.63) is 91.0 Å². The van der Waals surface area contributed by atoms with Gasteiger partial charge in [0.25, 0.3) is 0 Å². The second-order valence-electron chi connectivity index (χ2n) is 7.93. The number of methoxy groups -OCH3 is 1. The van der Waals surface area contributed by atoms with E-state index in [1.165, 1.54) is 11.8 Å². The van der Waals surface area contributed by atoms with Gasteiger partial charge in [0.1, 0.15) is 18.1 Å². The largest absolute Gasteiger partial charge is 0.497 e. The summed E-state index contributed by atoms with van der Waals surface area (Å²) in [6.45, 7) is 1.10. The number of nitrogens with zero attached hydrogens (tertiary/aromatic N) is 2. The summed E-state index contributed by atoms with van der Waals surface area (Å²) in [4.78, 5) is 17.3. The minimum Gasteiger partial charge on any atom is -0.497 e. The molecule has 0 unspecified atom stereocenters. The van der Waals surface area contributed by atoms with E-state index in [-0.39, 0.29) is 11.7 Å². The smallest absolute Gasteiger partial charge is 0.234 e. The van der Waals surface area contributed by atoms with Gasteiger partial charge >= 0.3 is 0 Å². The number of fused-ring (bicyclic) bond motifs is 2. The third kappa shape index (κ3) is 5.25. The molecule has 176 valence electrons. The first-order chi connectivity index (χ1) is 17.2. The van der Waals surface area contributed by atoms with Crippen molar-refractivity contribution in [1.29, 1.82) is 0 Å². The Kier molecular flexibility index (Phi) is 6.86. The van der Waals surface area contributed by atoms with Gasteiger partial charge in [0.15, 0.2) is 5.16 Å². The van der Waals surface area contributed by atoms with E-state index >= 15 is 0 Å². The Balaban J connectivity index is 1.27. The van der Waals surface area contributed by atoms with Gasteiger partial charge in [-0.15, -0.1) is 0 Å². The fraction of sp³-hybridized carbons (Fsp3) is 0.143. The number of benzene rings is 4. The summed E-state index contributed by atoms with van der Waals surface area (Å²) in [5.74, 6) is 1.77. The molecule has 0 aliphatic heterocycles. The summed E-state index contributed by atoms with van der Waals surface area (Å²) < 4.78 is 13.5. The van der Waals surface area contributed by atoms with Crippen molar-refractivity contribution in [3.8, 4) is 11.5 Å². The molecular formula is C28H25N3O3S. The van der Waals surface area contributed by atoms with Crippen molar-refractivity contribution in [3.63, 3.8) is 0 Å². The maximum absolute atomic E-state index is 12.6. The van der Waals surface area contributed by atoms with Gasteiger partial charge in [0.2, 0.25) is 5.91 Å². The first-order valence-electron chi connectivity index (χ1n) is 11.3. The van der Waals surface area contributed by atoms with Crippen molar-refractivity contribution in [2.24, 2.45) is 0 Å². The summed E-state index contributed by atoms with van der Waals surface area (Å²) >= 11 is 1.42. The SMILES string of the molecule is COc1ccc(NC(=O)CSc2nc3ccccc3n2CCOc2cccc3ccccc23)cc1. The van der Waals surface area contributed by atoms with Crippen molar-refractivity contribution in [1.82, 2.24) is 9.55 Å². The average molecular weight is 484 g/mol. The van der Waals surface area contributed by atoms with Gasteiger partial charge in [0, 0.05) is 11.1 Å². The molecule has 1 aromatic heterocycles. The number of imidazole rings is 1. The molecule has 1 amide bonds. The number of para-hydroxylation sites is 2. The molecular weight excluding hydrogens is 458 g/mol. The molecule has 0 aliphatic carbocycles. The molecule has 0 aliphatic rings. The lowest BCUT2D eigenvalue weighted by atomic mass is 10.1. The standard InChI is InChI=1S/C28H25N3O3S/c1-33-22-15-13-21(14-16-22)29-27(32)19-35-28-30-24-10-4-5-11-25(24)31(28)17-18-34-26-12-6-8-20-7-2-3-9-23(20)26/h2-16H,17-19H2,1H3,(H,29,32). The second kappa shape index (κ2) is 10.5. The number of anilines is 1. The quantitative estimate of drug-likeness (QED) is 0.260. The highest BCUT2D eigenvalue weighted by Gasteiger charge is 2.14. The van der Waals surface area contributed by atoms with Crippen molar-refractivity contribution in [2.75, 3.05) is 24.8 Å². The van der Waals surface area contributed by atoms with Crippen LogP contribution < -0.4 is 14.8 Å².